The van der Waals surface area contributed by atoms with Gasteiger partial charge in [-0.3, -0.25) is 4.79 Å². The molecule has 0 atom stereocenters. The quantitative estimate of drug-likeness (QED) is 0.735. The van der Waals surface area contributed by atoms with E-state index in [2.05, 4.69) is 0 Å². The van der Waals surface area contributed by atoms with Crippen LogP contribution in [0.4, 0.5) is 0 Å². The Bertz CT molecular complexity index is 215. The number of aliphatic carboxylic acids is 1. The van der Waals surface area contributed by atoms with Gasteiger partial charge in [0.15, 0.2) is 0 Å². The number of ether oxygens (including phenoxy) is 1. The molecular formula is C11H18O3. The van der Waals surface area contributed by atoms with E-state index in [1.54, 1.807) is 0 Å². The second-order valence-electron chi connectivity index (χ2n) is 4.75. The van der Waals surface area contributed by atoms with Crippen molar-refractivity contribution < 1.29 is 14.6 Å². The van der Waals surface area contributed by atoms with Crippen LogP contribution in [0.1, 0.15) is 38.5 Å². The molecule has 2 aliphatic carbocycles. The molecule has 2 aliphatic rings. The zero-order valence-corrected chi connectivity index (χ0v) is 8.50. The number of carboxylic acid groups (broad SMARTS) is 1. The number of carboxylic acids is 1. The van der Waals surface area contributed by atoms with Crippen molar-refractivity contribution in [1.29, 1.82) is 0 Å². The lowest BCUT2D eigenvalue weighted by Crippen LogP contribution is -2.33. The van der Waals surface area contributed by atoms with E-state index in [0.29, 0.717) is 6.61 Å². The fourth-order valence-electron chi connectivity index (χ4n) is 2.18. The zero-order chi connectivity index (χ0) is 10.0. The monoisotopic (exact) mass is 198 g/mol. The predicted octanol–water partition coefficient (Wildman–Crippen LogP) is 2.06. The molecule has 3 heteroatoms. The lowest BCUT2D eigenvalue weighted by Gasteiger charge is -2.23. The summed E-state index contributed by atoms with van der Waals surface area (Å²) in [7, 11) is 0. The third-order valence-electron chi connectivity index (χ3n) is 3.44. The van der Waals surface area contributed by atoms with Crippen molar-refractivity contribution in [2.24, 2.45) is 11.3 Å². The second-order valence-corrected chi connectivity index (χ2v) is 4.75. The van der Waals surface area contributed by atoms with Crippen molar-refractivity contribution in [2.75, 3.05) is 13.2 Å². The highest BCUT2D eigenvalue weighted by Crippen LogP contribution is 2.39. The van der Waals surface area contributed by atoms with Crippen LogP contribution in [0.2, 0.25) is 0 Å². The van der Waals surface area contributed by atoms with Gasteiger partial charge in [0.2, 0.25) is 0 Å². The molecule has 0 aromatic carbocycles. The lowest BCUT2D eigenvalue weighted by atomic mass is 9.87. The Balaban J connectivity index is 1.80. The zero-order valence-electron chi connectivity index (χ0n) is 8.50. The number of carbonyl (C=O) groups is 1. The van der Waals surface area contributed by atoms with Gasteiger partial charge < -0.3 is 9.84 Å². The maximum atomic E-state index is 11.1. The highest BCUT2D eigenvalue weighted by Gasteiger charge is 2.41. The number of hydrogen-bond acceptors (Lipinski definition) is 2. The minimum atomic E-state index is -0.661. The normalized spacial score (nSPS) is 25.1. The van der Waals surface area contributed by atoms with E-state index in [1.165, 1.54) is 12.8 Å². The average Bonchev–Trinajstić information content (AvgIpc) is 2.82. The van der Waals surface area contributed by atoms with Crippen molar-refractivity contribution in [2.45, 2.75) is 38.5 Å². The lowest BCUT2D eigenvalue weighted by molar-refractivity contribution is -0.152. The van der Waals surface area contributed by atoms with Gasteiger partial charge in [-0.1, -0.05) is 12.8 Å². The summed E-state index contributed by atoms with van der Waals surface area (Å²) < 4.78 is 5.53. The molecule has 0 aromatic heterocycles. The molecule has 3 nitrogen and oxygen atoms in total. The summed E-state index contributed by atoms with van der Waals surface area (Å²) in [6.45, 7) is 1.20. The fourth-order valence-corrected chi connectivity index (χ4v) is 2.18. The molecular weight excluding hydrogens is 180 g/mol. The van der Waals surface area contributed by atoms with Crippen LogP contribution in [-0.2, 0) is 9.53 Å². The topological polar surface area (TPSA) is 46.5 Å². The van der Waals surface area contributed by atoms with Crippen molar-refractivity contribution in [3.8, 4) is 0 Å². The van der Waals surface area contributed by atoms with Crippen molar-refractivity contribution in [1.82, 2.24) is 0 Å². The third-order valence-corrected chi connectivity index (χ3v) is 3.44. The Morgan fingerprint density at radius 1 is 1.36 bits per heavy atom. The molecule has 14 heavy (non-hydrogen) atoms. The Morgan fingerprint density at radius 2 is 2.00 bits per heavy atom. The minimum absolute atomic E-state index is 0.429. The average molecular weight is 198 g/mol. The summed E-state index contributed by atoms with van der Waals surface area (Å²) in [5.41, 5.74) is -0.547. The van der Waals surface area contributed by atoms with Crippen LogP contribution < -0.4 is 0 Å². The predicted molar refractivity (Wildman–Crippen MR) is 52.1 cm³/mol. The molecule has 80 valence electrons. The number of hydrogen-bond donors (Lipinski definition) is 1. The smallest absolute Gasteiger partial charge is 0.311 e. The van der Waals surface area contributed by atoms with Gasteiger partial charge in [0.05, 0.1) is 12.0 Å². The Labute approximate surface area is 84.4 Å². The molecule has 0 spiro atoms. The second kappa shape index (κ2) is 3.89. The van der Waals surface area contributed by atoms with Crippen LogP contribution in [0.15, 0.2) is 0 Å². The van der Waals surface area contributed by atoms with Gasteiger partial charge in [-0.2, -0.15) is 0 Å². The van der Waals surface area contributed by atoms with Gasteiger partial charge in [-0.25, -0.2) is 0 Å². The first-order valence-electron chi connectivity index (χ1n) is 5.54. The molecule has 0 heterocycles. The van der Waals surface area contributed by atoms with Crippen molar-refractivity contribution in [3.05, 3.63) is 0 Å². The maximum Gasteiger partial charge on any atom is 0.311 e. The van der Waals surface area contributed by atoms with Gasteiger partial charge in [0.25, 0.3) is 0 Å². The molecule has 0 unspecified atom stereocenters. The molecule has 0 aromatic rings. The van der Waals surface area contributed by atoms with E-state index in [-0.39, 0.29) is 0 Å². The Kier molecular flexibility index (Phi) is 2.77. The molecule has 0 saturated heterocycles. The molecule has 0 bridgehead atoms. The number of rotatable bonds is 5. The van der Waals surface area contributed by atoms with Crippen LogP contribution in [0, 0.1) is 11.3 Å². The highest BCUT2D eigenvalue weighted by molar-refractivity contribution is 5.75. The first kappa shape index (κ1) is 9.97. The van der Waals surface area contributed by atoms with Gasteiger partial charge in [0, 0.05) is 6.61 Å². The first-order chi connectivity index (χ1) is 6.73. The van der Waals surface area contributed by atoms with Crippen molar-refractivity contribution >= 4 is 5.97 Å². The Morgan fingerprint density at radius 3 is 2.50 bits per heavy atom. The summed E-state index contributed by atoms with van der Waals surface area (Å²) in [4.78, 5) is 11.1. The van der Waals surface area contributed by atoms with E-state index < -0.39 is 11.4 Å². The van der Waals surface area contributed by atoms with Gasteiger partial charge in [-0.05, 0) is 31.6 Å². The van der Waals surface area contributed by atoms with E-state index in [9.17, 15) is 4.79 Å². The minimum Gasteiger partial charge on any atom is -0.481 e. The van der Waals surface area contributed by atoms with E-state index in [4.69, 9.17) is 9.84 Å². The van der Waals surface area contributed by atoms with Crippen LogP contribution in [0.5, 0.6) is 0 Å². The van der Waals surface area contributed by atoms with Crippen LogP contribution >= 0.6 is 0 Å². The van der Waals surface area contributed by atoms with E-state index in [0.717, 1.165) is 38.2 Å². The largest absolute Gasteiger partial charge is 0.481 e. The molecule has 2 saturated carbocycles. The van der Waals surface area contributed by atoms with Gasteiger partial charge in [-0.15, -0.1) is 0 Å². The van der Waals surface area contributed by atoms with Gasteiger partial charge >= 0.3 is 5.97 Å². The third kappa shape index (κ3) is 2.08. The van der Waals surface area contributed by atoms with Crippen LogP contribution in [0.3, 0.4) is 0 Å². The first-order valence-corrected chi connectivity index (χ1v) is 5.54. The molecule has 1 N–H and O–H groups in total. The Hall–Kier alpha value is -0.570. The van der Waals surface area contributed by atoms with Crippen molar-refractivity contribution in [3.63, 3.8) is 0 Å². The summed E-state index contributed by atoms with van der Waals surface area (Å²) in [5.74, 6) is 0.0630. The van der Waals surface area contributed by atoms with E-state index >= 15 is 0 Å². The SMILES string of the molecule is O=C(O)C1(COCC2CC2)CCCC1. The van der Waals surface area contributed by atoms with E-state index in [1.807, 2.05) is 0 Å². The standard InChI is InChI=1S/C11H18O3/c12-10(13)11(5-1-2-6-11)8-14-7-9-3-4-9/h9H,1-8H2,(H,12,13). The highest BCUT2D eigenvalue weighted by atomic mass is 16.5. The summed E-state index contributed by atoms with van der Waals surface area (Å²) in [5, 5.41) is 9.16. The molecule has 0 radical (unpaired) electrons. The summed E-state index contributed by atoms with van der Waals surface area (Å²) in [6.07, 6.45) is 6.21. The summed E-state index contributed by atoms with van der Waals surface area (Å²) >= 11 is 0. The maximum absolute atomic E-state index is 11.1. The van der Waals surface area contributed by atoms with Gasteiger partial charge in [0.1, 0.15) is 0 Å². The molecule has 0 aliphatic heterocycles. The van der Waals surface area contributed by atoms with Crippen LogP contribution in [0.25, 0.3) is 0 Å². The molecule has 0 amide bonds. The molecule has 2 rings (SSSR count). The summed E-state index contributed by atoms with van der Waals surface area (Å²) in [6, 6.07) is 0. The molecule has 2 fully saturated rings. The fraction of sp³-hybridized carbons (Fsp3) is 0.909. The van der Waals surface area contributed by atoms with Crippen LogP contribution in [-0.4, -0.2) is 24.3 Å².